The van der Waals surface area contributed by atoms with Crippen LogP contribution >= 0.6 is 15.9 Å². The van der Waals surface area contributed by atoms with Crippen LogP contribution in [0.15, 0.2) is 40.9 Å². The van der Waals surface area contributed by atoms with Gasteiger partial charge >= 0.3 is 5.97 Å². The number of benzene rings is 2. The van der Waals surface area contributed by atoms with Crippen LogP contribution in [-0.4, -0.2) is 11.1 Å². The molecule has 0 aliphatic heterocycles. The maximum Gasteiger partial charge on any atom is 0.336 e. The average molecular weight is 331 g/mol. The Morgan fingerprint density at radius 3 is 2.70 bits per heavy atom. The first-order chi connectivity index (χ1) is 9.51. The molecule has 0 amide bonds. The van der Waals surface area contributed by atoms with Crippen molar-refractivity contribution in [2.45, 2.75) is 6.92 Å². The Hall–Kier alpha value is -2.32. The van der Waals surface area contributed by atoms with Gasteiger partial charge in [0.2, 0.25) is 0 Å². The summed E-state index contributed by atoms with van der Waals surface area (Å²) in [4.78, 5) is 11.1. The molecular formula is C15H11BrN2O2. The van der Waals surface area contributed by atoms with Gasteiger partial charge < -0.3 is 10.4 Å². The molecule has 0 heterocycles. The molecule has 0 unspecified atom stereocenters. The molecule has 2 rings (SSSR count). The fraction of sp³-hybridized carbons (Fsp3) is 0.0667. The third-order valence-corrected chi connectivity index (χ3v) is 3.34. The molecule has 0 aliphatic carbocycles. The number of carboxylic acid groups (broad SMARTS) is 1. The van der Waals surface area contributed by atoms with E-state index in [0.29, 0.717) is 22.5 Å². The van der Waals surface area contributed by atoms with Crippen LogP contribution in [0.2, 0.25) is 0 Å². The topological polar surface area (TPSA) is 73.1 Å². The second kappa shape index (κ2) is 5.76. The first-order valence-corrected chi connectivity index (χ1v) is 6.61. The van der Waals surface area contributed by atoms with E-state index in [1.54, 1.807) is 43.3 Å². The number of nitriles is 1. The van der Waals surface area contributed by atoms with Crippen LogP contribution in [0.1, 0.15) is 21.5 Å². The summed E-state index contributed by atoms with van der Waals surface area (Å²) in [7, 11) is 0. The molecule has 2 aromatic rings. The van der Waals surface area contributed by atoms with Crippen molar-refractivity contribution in [2.75, 3.05) is 5.32 Å². The van der Waals surface area contributed by atoms with E-state index < -0.39 is 5.97 Å². The highest BCUT2D eigenvalue weighted by Crippen LogP contribution is 2.25. The van der Waals surface area contributed by atoms with Gasteiger partial charge in [-0.1, -0.05) is 22.0 Å². The summed E-state index contributed by atoms with van der Waals surface area (Å²) < 4.78 is 0.838. The second-order valence-corrected chi connectivity index (χ2v) is 5.18. The molecule has 0 saturated heterocycles. The van der Waals surface area contributed by atoms with Crippen LogP contribution in [0.3, 0.4) is 0 Å². The summed E-state index contributed by atoms with van der Waals surface area (Å²) in [5.74, 6) is -0.971. The Morgan fingerprint density at radius 1 is 1.30 bits per heavy atom. The molecule has 0 fully saturated rings. The Bertz CT molecular complexity index is 720. The Kier molecular flexibility index (Phi) is 4.06. The number of hydrogen-bond acceptors (Lipinski definition) is 3. The van der Waals surface area contributed by atoms with E-state index in [1.807, 2.05) is 0 Å². The molecular weight excluding hydrogens is 320 g/mol. The van der Waals surface area contributed by atoms with Gasteiger partial charge in [-0.15, -0.1) is 0 Å². The van der Waals surface area contributed by atoms with Crippen molar-refractivity contribution in [1.29, 1.82) is 5.26 Å². The maximum absolute atomic E-state index is 11.1. The third-order valence-electron chi connectivity index (χ3n) is 2.85. The zero-order valence-electron chi connectivity index (χ0n) is 10.6. The molecule has 0 aliphatic rings. The zero-order chi connectivity index (χ0) is 14.7. The summed E-state index contributed by atoms with van der Waals surface area (Å²) in [6, 6.07) is 12.4. The number of aryl methyl sites for hydroxylation is 1. The van der Waals surface area contributed by atoms with Gasteiger partial charge in [-0.25, -0.2) is 4.79 Å². The van der Waals surface area contributed by atoms with Crippen molar-refractivity contribution in [1.82, 2.24) is 0 Å². The van der Waals surface area contributed by atoms with Crippen LogP contribution in [0.5, 0.6) is 0 Å². The minimum Gasteiger partial charge on any atom is -0.478 e. The summed E-state index contributed by atoms with van der Waals surface area (Å²) >= 11 is 3.34. The van der Waals surface area contributed by atoms with Crippen molar-refractivity contribution in [3.8, 4) is 6.07 Å². The van der Waals surface area contributed by atoms with Crippen LogP contribution < -0.4 is 5.32 Å². The molecule has 0 bridgehead atoms. The van der Waals surface area contributed by atoms with E-state index in [9.17, 15) is 4.79 Å². The number of aromatic carboxylic acids is 1. The van der Waals surface area contributed by atoms with Gasteiger partial charge in [-0.05, 0) is 42.8 Å². The van der Waals surface area contributed by atoms with Crippen LogP contribution in [0.25, 0.3) is 0 Å². The lowest BCUT2D eigenvalue weighted by Gasteiger charge is -2.10. The zero-order valence-corrected chi connectivity index (χ0v) is 12.2. The lowest BCUT2D eigenvalue weighted by atomic mass is 10.1. The molecule has 0 saturated carbocycles. The first kappa shape index (κ1) is 14.1. The highest BCUT2D eigenvalue weighted by molar-refractivity contribution is 9.10. The van der Waals surface area contributed by atoms with Crippen molar-refractivity contribution >= 4 is 33.3 Å². The van der Waals surface area contributed by atoms with Crippen molar-refractivity contribution in [3.05, 3.63) is 57.6 Å². The fourth-order valence-corrected chi connectivity index (χ4v) is 2.16. The van der Waals surface area contributed by atoms with E-state index in [0.717, 1.165) is 4.47 Å². The second-order valence-electron chi connectivity index (χ2n) is 4.26. The Balaban J connectivity index is 2.40. The van der Waals surface area contributed by atoms with Gasteiger partial charge in [0, 0.05) is 10.2 Å². The molecule has 0 radical (unpaired) electrons. The number of carboxylic acids is 1. The number of halogens is 1. The average Bonchev–Trinajstić information content (AvgIpc) is 2.41. The number of nitrogens with zero attached hydrogens (tertiary/aromatic N) is 1. The van der Waals surface area contributed by atoms with Crippen LogP contribution in [0, 0.1) is 18.3 Å². The van der Waals surface area contributed by atoms with Gasteiger partial charge in [0.1, 0.15) is 6.07 Å². The third kappa shape index (κ3) is 2.98. The number of hydrogen-bond donors (Lipinski definition) is 2. The number of rotatable bonds is 3. The van der Waals surface area contributed by atoms with Gasteiger partial charge in [0.15, 0.2) is 0 Å². The predicted octanol–water partition coefficient (Wildman–Crippen LogP) is 4.07. The number of anilines is 2. The van der Waals surface area contributed by atoms with Crippen molar-refractivity contribution in [2.24, 2.45) is 0 Å². The SMILES string of the molecule is Cc1ccc(Nc2cc(Br)ccc2C#N)cc1C(=O)O. The van der Waals surface area contributed by atoms with E-state index in [2.05, 4.69) is 27.3 Å². The van der Waals surface area contributed by atoms with Crippen LogP contribution in [-0.2, 0) is 0 Å². The largest absolute Gasteiger partial charge is 0.478 e. The predicted molar refractivity (Wildman–Crippen MR) is 80.3 cm³/mol. The molecule has 100 valence electrons. The maximum atomic E-state index is 11.1. The molecule has 0 spiro atoms. The van der Waals surface area contributed by atoms with Gasteiger partial charge in [-0.3, -0.25) is 0 Å². The van der Waals surface area contributed by atoms with Crippen LogP contribution in [0.4, 0.5) is 11.4 Å². The van der Waals surface area contributed by atoms with E-state index in [1.165, 1.54) is 0 Å². The van der Waals surface area contributed by atoms with Gasteiger partial charge in [0.25, 0.3) is 0 Å². The Labute approximate surface area is 124 Å². The number of carbonyl (C=O) groups is 1. The Morgan fingerprint density at radius 2 is 2.05 bits per heavy atom. The molecule has 20 heavy (non-hydrogen) atoms. The van der Waals surface area contributed by atoms with E-state index >= 15 is 0 Å². The minimum absolute atomic E-state index is 0.239. The molecule has 5 heteroatoms. The summed E-state index contributed by atoms with van der Waals surface area (Å²) in [6.45, 7) is 1.74. The highest BCUT2D eigenvalue weighted by Gasteiger charge is 2.09. The fourth-order valence-electron chi connectivity index (χ4n) is 1.80. The quantitative estimate of drug-likeness (QED) is 0.889. The lowest BCUT2D eigenvalue weighted by molar-refractivity contribution is 0.0696. The minimum atomic E-state index is -0.971. The molecule has 0 aromatic heterocycles. The van der Waals surface area contributed by atoms with Crippen molar-refractivity contribution in [3.63, 3.8) is 0 Å². The molecule has 4 nitrogen and oxygen atoms in total. The molecule has 2 aromatic carbocycles. The summed E-state index contributed by atoms with van der Waals surface area (Å²) in [5.41, 5.74) is 2.68. The lowest BCUT2D eigenvalue weighted by Crippen LogP contribution is -2.01. The summed E-state index contributed by atoms with van der Waals surface area (Å²) in [6.07, 6.45) is 0. The molecule has 0 atom stereocenters. The normalized spacial score (nSPS) is 9.85. The highest BCUT2D eigenvalue weighted by atomic mass is 79.9. The first-order valence-electron chi connectivity index (χ1n) is 5.82. The summed E-state index contributed by atoms with van der Waals surface area (Å²) in [5, 5.41) is 21.3. The smallest absolute Gasteiger partial charge is 0.336 e. The van der Waals surface area contributed by atoms with E-state index in [-0.39, 0.29) is 5.56 Å². The standard InChI is InChI=1S/C15H11BrN2O2/c1-9-2-5-12(7-13(9)15(19)20)18-14-6-11(16)4-3-10(14)8-17/h2-7,18H,1H3,(H,19,20). The van der Waals surface area contributed by atoms with Gasteiger partial charge in [-0.2, -0.15) is 5.26 Å². The molecule has 2 N–H and O–H groups in total. The van der Waals surface area contributed by atoms with E-state index in [4.69, 9.17) is 10.4 Å². The van der Waals surface area contributed by atoms with Crippen molar-refractivity contribution < 1.29 is 9.90 Å². The van der Waals surface area contributed by atoms with Gasteiger partial charge in [0.05, 0.1) is 16.8 Å². The number of nitrogens with one attached hydrogen (secondary N) is 1. The monoisotopic (exact) mass is 330 g/mol.